The van der Waals surface area contributed by atoms with Crippen LogP contribution in [0.25, 0.3) is 11.0 Å². The quantitative estimate of drug-likeness (QED) is 0.744. The first kappa shape index (κ1) is 8.99. The van der Waals surface area contributed by atoms with E-state index in [0.717, 1.165) is 16.7 Å². The summed E-state index contributed by atoms with van der Waals surface area (Å²) in [5, 5.41) is 1.09. The second-order valence-electron chi connectivity index (χ2n) is 3.79. The molecule has 0 amide bonds. The van der Waals surface area contributed by atoms with E-state index in [1.807, 2.05) is 23.9 Å². The predicted octanol–water partition coefficient (Wildman–Crippen LogP) is 1.67. The van der Waals surface area contributed by atoms with Crippen LogP contribution in [0.15, 0.2) is 12.3 Å². The summed E-state index contributed by atoms with van der Waals surface area (Å²) < 4.78 is 1.96. The lowest BCUT2D eigenvalue weighted by molar-refractivity contribution is 0.829. The normalized spacial score (nSPS) is 11.4. The highest BCUT2D eigenvalue weighted by atomic mass is 15.1. The molecule has 14 heavy (non-hydrogen) atoms. The number of anilines is 1. The summed E-state index contributed by atoms with van der Waals surface area (Å²) in [4.78, 5) is 8.48. The smallest absolute Gasteiger partial charge is 0.222 e. The molecule has 0 radical (unpaired) electrons. The molecule has 2 aromatic heterocycles. The van der Waals surface area contributed by atoms with E-state index in [-0.39, 0.29) is 0 Å². The Morgan fingerprint density at radius 3 is 2.71 bits per heavy atom. The molecule has 0 atom stereocenters. The lowest BCUT2D eigenvalue weighted by atomic mass is 10.1. The van der Waals surface area contributed by atoms with E-state index in [9.17, 15) is 0 Å². The summed E-state index contributed by atoms with van der Waals surface area (Å²) in [6, 6.07) is 2.03. The number of fused-ring (bicyclic) bond motifs is 1. The first-order valence-corrected chi connectivity index (χ1v) is 4.68. The van der Waals surface area contributed by atoms with Crippen molar-refractivity contribution in [1.82, 2.24) is 14.5 Å². The van der Waals surface area contributed by atoms with Gasteiger partial charge in [-0.25, -0.2) is 4.98 Å². The van der Waals surface area contributed by atoms with Crippen LogP contribution in [0.2, 0.25) is 0 Å². The van der Waals surface area contributed by atoms with Gasteiger partial charge in [-0.1, -0.05) is 13.8 Å². The van der Waals surface area contributed by atoms with Crippen LogP contribution < -0.4 is 5.73 Å². The Morgan fingerprint density at radius 2 is 2.07 bits per heavy atom. The summed E-state index contributed by atoms with van der Waals surface area (Å²) >= 11 is 0. The van der Waals surface area contributed by atoms with Crippen molar-refractivity contribution in [2.75, 3.05) is 5.73 Å². The van der Waals surface area contributed by atoms with Gasteiger partial charge in [0.1, 0.15) is 5.65 Å². The molecule has 0 aliphatic heterocycles. The van der Waals surface area contributed by atoms with E-state index in [4.69, 9.17) is 5.73 Å². The number of nitrogens with two attached hydrogens (primary N) is 1. The second-order valence-corrected chi connectivity index (χ2v) is 3.79. The maximum atomic E-state index is 5.66. The van der Waals surface area contributed by atoms with Gasteiger partial charge in [0.25, 0.3) is 0 Å². The Balaban J connectivity index is 2.82. The molecule has 2 aromatic rings. The van der Waals surface area contributed by atoms with Crippen LogP contribution in [0.5, 0.6) is 0 Å². The molecule has 0 aliphatic carbocycles. The molecular weight excluding hydrogens is 176 g/mol. The van der Waals surface area contributed by atoms with Gasteiger partial charge in [-0.2, -0.15) is 4.98 Å². The van der Waals surface area contributed by atoms with Crippen molar-refractivity contribution in [3.63, 3.8) is 0 Å². The standard InChI is InChI=1S/C10H14N4/c1-6(2)8-7-4-5-14(3)9(7)13-10(11)12-8/h4-6H,1-3H3,(H2,11,12,13). The van der Waals surface area contributed by atoms with E-state index in [1.54, 1.807) is 0 Å². The largest absolute Gasteiger partial charge is 0.368 e. The average Bonchev–Trinajstić information content (AvgIpc) is 2.47. The molecule has 0 bridgehead atoms. The third-order valence-corrected chi connectivity index (χ3v) is 2.32. The van der Waals surface area contributed by atoms with Gasteiger partial charge in [-0.15, -0.1) is 0 Å². The minimum atomic E-state index is 0.350. The van der Waals surface area contributed by atoms with E-state index in [0.29, 0.717) is 11.9 Å². The number of rotatable bonds is 1. The Hall–Kier alpha value is -1.58. The number of hydrogen-bond acceptors (Lipinski definition) is 3. The van der Waals surface area contributed by atoms with Crippen LogP contribution in [-0.2, 0) is 7.05 Å². The highest BCUT2D eigenvalue weighted by molar-refractivity contribution is 5.80. The maximum absolute atomic E-state index is 5.66. The highest BCUT2D eigenvalue weighted by Gasteiger charge is 2.11. The summed E-state index contributed by atoms with van der Waals surface area (Å²) in [5.41, 5.74) is 7.58. The zero-order valence-corrected chi connectivity index (χ0v) is 8.65. The summed E-state index contributed by atoms with van der Waals surface area (Å²) in [5.74, 6) is 0.716. The Morgan fingerprint density at radius 1 is 1.36 bits per heavy atom. The molecule has 0 unspecified atom stereocenters. The zero-order valence-electron chi connectivity index (χ0n) is 8.65. The van der Waals surface area contributed by atoms with Crippen molar-refractivity contribution in [3.05, 3.63) is 18.0 Å². The average molecular weight is 190 g/mol. The van der Waals surface area contributed by atoms with Crippen molar-refractivity contribution in [3.8, 4) is 0 Å². The molecule has 2 N–H and O–H groups in total. The number of aryl methyl sites for hydroxylation is 1. The molecule has 74 valence electrons. The Kier molecular flexibility index (Phi) is 1.91. The monoisotopic (exact) mass is 190 g/mol. The van der Waals surface area contributed by atoms with Gasteiger partial charge in [0.2, 0.25) is 5.95 Å². The number of hydrogen-bond donors (Lipinski definition) is 1. The number of aromatic nitrogens is 3. The fourth-order valence-electron chi connectivity index (χ4n) is 1.62. The first-order valence-electron chi connectivity index (χ1n) is 4.68. The van der Waals surface area contributed by atoms with E-state index >= 15 is 0 Å². The van der Waals surface area contributed by atoms with Gasteiger partial charge in [-0.05, 0) is 12.0 Å². The van der Waals surface area contributed by atoms with Gasteiger partial charge in [-0.3, -0.25) is 0 Å². The minimum absolute atomic E-state index is 0.350. The third-order valence-electron chi connectivity index (χ3n) is 2.32. The van der Waals surface area contributed by atoms with Crippen LogP contribution in [-0.4, -0.2) is 14.5 Å². The lowest BCUT2D eigenvalue weighted by Gasteiger charge is -2.07. The van der Waals surface area contributed by atoms with E-state index in [2.05, 4.69) is 23.8 Å². The van der Waals surface area contributed by atoms with Crippen molar-refractivity contribution in [2.45, 2.75) is 19.8 Å². The SMILES string of the molecule is CC(C)c1nc(N)nc2c1ccn2C. The van der Waals surface area contributed by atoms with Gasteiger partial charge >= 0.3 is 0 Å². The summed E-state index contributed by atoms with van der Waals surface area (Å²) in [7, 11) is 1.96. The topological polar surface area (TPSA) is 56.7 Å². The molecule has 4 heteroatoms. The van der Waals surface area contributed by atoms with Crippen LogP contribution in [0, 0.1) is 0 Å². The zero-order chi connectivity index (χ0) is 10.3. The molecule has 4 nitrogen and oxygen atoms in total. The molecule has 0 saturated carbocycles. The molecule has 0 spiro atoms. The fraction of sp³-hybridized carbons (Fsp3) is 0.400. The van der Waals surface area contributed by atoms with Gasteiger partial charge < -0.3 is 10.3 Å². The second kappa shape index (κ2) is 2.97. The number of nitrogen functional groups attached to an aromatic ring is 1. The minimum Gasteiger partial charge on any atom is -0.368 e. The number of nitrogens with zero attached hydrogens (tertiary/aromatic N) is 3. The maximum Gasteiger partial charge on any atom is 0.222 e. The van der Waals surface area contributed by atoms with E-state index < -0.39 is 0 Å². The van der Waals surface area contributed by atoms with Crippen molar-refractivity contribution in [2.24, 2.45) is 7.05 Å². The molecule has 0 aliphatic rings. The van der Waals surface area contributed by atoms with E-state index in [1.165, 1.54) is 0 Å². The molecule has 0 fully saturated rings. The van der Waals surface area contributed by atoms with Gasteiger partial charge in [0.05, 0.1) is 5.69 Å². The van der Waals surface area contributed by atoms with Crippen molar-refractivity contribution in [1.29, 1.82) is 0 Å². The van der Waals surface area contributed by atoms with Crippen molar-refractivity contribution >= 4 is 17.0 Å². The lowest BCUT2D eigenvalue weighted by Crippen LogP contribution is -2.02. The van der Waals surface area contributed by atoms with Crippen LogP contribution in [0.3, 0.4) is 0 Å². The third kappa shape index (κ3) is 1.23. The molecule has 2 heterocycles. The molecule has 0 saturated heterocycles. The van der Waals surface area contributed by atoms with Crippen molar-refractivity contribution < 1.29 is 0 Å². The molecular formula is C10H14N4. The summed E-state index contributed by atoms with van der Waals surface area (Å²) in [6.45, 7) is 4.21. The van der Waals surface area contributed by atoms with Crippen LogP contribution in [0.1, 0.15) is 25.5 Å². The highest BCUT2D eigenvalue weighted by Crippen LogP contribution is 2.23. The van der Waals surface area contributed by atoms with Crippen LogP contribution in [0.4, 0.5) is 5.95 Å². The molecule has 0 aromatic carbocycles. The predicted molar refractivity (Wildman–Crippen MR) is 57.0 cm³/mol. The fourth-order valence-corrected chi connectivity index (χ4v) is 1.62. The first-order chi connectivity index (χ1) is 6.59. The molecule has 2 rings (SSSR count). The van der Waals surface area contributed by atoms with Gasteiger partial charge in [0.15, 0.2) is 0 Å². The Bertz CT molecular complexity index is 470. The van der Waals surface area contributed by atoms with Crippen LogP contribution >= 0.6 is 0 Å². The Labute approximate surface area is 82.8 Å². The van der Waals surface area contributed by atoms with Gasteiger partial charge in [0, 0.05) is 18.6 Å². The summed E-state index contributed by atoms with van der Waals surface area (Å²) in [6.07, 6.45) is 1.98.